The summed E-state index contributed by atoms with van der Waals surface area (Å²) in [6.45, 7) is 0.253. The first-order chi connectivity index (χ1) is 9.79. The first-order valence-electron chi connectivity index (χ1n) is 7.29. The molecule has 1 fully saturated rings. The van der Waals surface area contributed by atoms with Gasteiger partial charge in [-0.05, 0) is 31.0 Å². The van der Waals surface area contributed by atoms with Crippen LogP contribution < -0.4 is 11.1 Å². The smallest absolute Gasteiger partial charge is 0.0478 e. The van der Waals surface area contributed by atoms with E-state index in [4.69, 9.17) is 5.73 Å². The number of aromatic nitrogens is 1. The van der Waals surface area contributed by atoms with E-state index in [-0.39, 0.29) is 6.61 Å². The molecule has 0 aliphatic heterocycles. The number of aliphatic hydroxyl groups excluding tert-OH is 1. The van der Waals surface area contributed by atoms with E-state index in [0.717, 1.165) is 35.0 Å². The van der Waals surface area contributed by atoms with Crippen molar-refractivity contribution in [2.24, 2.45) is 5.92 Å². The van der Waals surface area contributed by atoms with Gasteiger partial charge in [-0.3, -0.25) is 4.98 Å². The van der Waals surface area contributed by atoms with Crippen LogP contribution in [0.25, 0.3) is 10.8 Å². The SMILES string of the molecule is Nc1ccc(NC2CCCCC2CO)c2cnccc12. The number of aliphatic hydroxyl groups is 1. The lowest BCUT2D eigenvalue weighted by Gasteiger charge is -2.32. The molecule has 1 aliphatic rings. The molecule has 0 spiro atoms. The van der Waals surface area contributed by atoms with Gasteiger partial charge in [-0.1, -0.05) is 12.8 Å². The van der Waals surface area contributed by atoms with E-state index in [1.54, 1.807) is 6.20 Å². The Morgan fingerprint density at radius 2 is 2.05 bits per heavy atom. The Kier molecular flexibility index (Phi) is 3.74. The van der Waals surface area contributed by atoms with Gasteiger partial charge in [0.1, 0.15) is 0 Å². The van der Waals surface area contributed by atoms with E-state index in [1.807, 2.05) is 24.4 Å². The Morgan fingerprint density at radius 3 is 2.90 bits per heavy atom. The summed E-state index contributed by atoms with van der Waals surface area (Å²) in [5, 5.41) is 15.2. The predicted molar refractivity (Wildman–Crippen MR) is 82.6 cm³/mol. The molecule has 4 heteroatoms. The summed E-state index contributed by atoms with van der Waals surface area (Å²) in [5.41, 5.74) is 7.85. The molecule has 20 heavy (non-hydrogen) atoms. The first kappa shape index (κ1) is 13.2. The zero-order chi connectivity index (χ0) is 13.9. The minimum atomic E-state index is 0.253. The standard InChI is InChI=1S/C16H21N3O/c17-14-5-6-16(13-9-18-8-7-12(13)14)19-15-4-2-1-3-11(15)10-20/h5-9,11,15,19-20H,1-4,10,17H2. The van der Waals surface area contributed by atoms with Gasteiger partial charge in [0, 0.05) is 53.1 Å². The number of benzene rings is 1. The minimum Gasteiger partial charge on any atom is -0.398 e. The Hall–Kier alpha value is -1.81. The number of anilines is 2. The number of nitrogens with zero attached hydrogens (tertiary/aromatic N) is 1. The van der Waals surface area contributed by atoms with Gasteiger partial charge in [0.05, 0.1) is 0 Å². The summed E-state index contributed by atoms with van der Waals surface area (Å²) in [4.78, 5) is 4.20. The Labute approximate surface area is 119 Å². The third-order valence-electron chi connectivity index (χ3n) is 4.34. The van der Waals surface area contributed by atoms with Crippen molar-refractivity contribution < 1.29 is 5.11 Å². The fourth-order valence-corrected chi connectivity index (χ4v) is 3.16. The lowest BCUT2D eigenvalue weighted by atomic mass is 9.85. The zero-order valence-corrected chi connectivity index (χ0v) is 11.5. The summed E-state index contributed by atoms with van der Waals surface area (Å²) < 4.78 is 0. The van der Waals surface area contributed by atoms with Crippen molar-refractivity contribution in [3.63, 3.8) is 0 Å². The van der Waals surface area contributed by atoms with E-state index >= 15 is 0 Å². The molecule has 2 atom stereocenters. The maximum absolute atomic E-state index is 9.52. The molecule has 1 saturated carbocycles. The lowest BCUT2D eigenvalue weighted by molar-refractivity contribution is 0.178. The largest absolute Gasteiger partial charge is 0.398 e. The third-order valence-corrected chi connectivity index (χ3v) is 4.34. The van der Waals surface area contributed by atoms with Crippen LogP contribution in [0.15, 0.2) is 30.6 Å². The summed E-state index contributed by atoms with van der Waals surface area (Å²) in [6, 6.07) is 6.23. The number of pyridine rings is 1. The maximum Gasteiger partial charge on any atom is 0.0478 e. The van der Waals surface area contributed by atoms with Crippen LogP contribution in [0.2, 0.25) is 0 Å². The van der Waals surface area contributed by atoms with E-state index in [0.29, 0.717) is 12.0 Å². The van der Waals surface area contributed by atoms with Gasteiger partial charge < -0.3 is 16.2 Å². The molecule has 2 aromatic rings. The first-order valence-corrected chi connectivity index (χ1v) is 7.29. The van der Waals surface area contributed by atoms with Gasteiger partial charge in [0.15, 0.2) is 0 Å². The van der Waals surface area contributed by atoms with Crippen molar-refractivity contribution in [2.45, 2.75) is 31.7 Å². The van der Waals surface area contributed by atoms with Gasteiger partial charge in [0.25, 0.3) is 0 Å². The second-order valence-corrected chi connectivity index (χ2v) is 5.60. The summed E-state index contributed by atoms with van der Waals surface area (Å²) >= 11 is 0. The molecule has 1 aliphatic carbocycles. The number of hydrogen-bond acceptors (Lipinski definition) is 4. The number of rotatable bonds is 3. The molecular formula is C16H21N3O. The summed E-state index contributed by atoms with van der Waals surface area (Å²) in [6.07, 6.45) is 8.26. The number of nitrogen functional groups attached to an aromatic ring is 1. The molecule has 2 unspecified atom stereocenters. The van der Waals surface area contributed by atoms with Crippen molar-refractivity contribution in [3.8, 4) is 0 Å². The quantitative estimate of drug-likeness (QED) is 0.751. The monoisotopic (exact) mass is 271 g/mol. The number of fused-ring (bicyclic) bond motifs is 1. The molecule has 106 valence electrons. The van der Waals surface area contributed by atoms with Crippen molar-refractivity contribution >= 4 is 22.1 Å². The molecule has 4 N–H and O–H groups in total. The van der Waals surface area contributed by atoms with Crippen molar-refractivity contribution in [2.75, 3.05) is 17.7 Å². The van der Waals surface area contributed by atoms with Crippen LogP contribution in [-0.4, -0.2) is 22.7 Å². The number of nitrogens with two attached hydrogens (primary N) is 1. The molecule has 3 rings (SSSR count). The molecule has 1 aromatic heterocycles. The Balaban J connectivity index is 1.92. The van der Waals surface area contributed by atoms with Gasteiger partial charge in [-0.15, -0.1) is 0 Å². The molecule has 0 saturated heterocycles. The van der Waals surface area contributed by atoms with Crippen molar-refractivity contribution in [3.05, 3.63) is 30.6 Å². The highest BCUT2D eigenvalue weighted by molar-refractivity contribution is 6.00. The summed E-state index contributed by atoms with van der Waals surface area (Å²) in [7, 11) is 0. The second kappa shape index (κ2) is 5.67. The highest BCUT2D eigenvalue weighted by Crippen LogP contribution is 2.32. The maximum atomic E-state index is 9.52. The lowest BCUT2D eigenvalue weighted by Crippen LogP contribution is -2.34. The van der Waals surface area contributed by atoms with Gasteiger partial charge in [-0.2, -0.15) is 0 Å². The molecule has 1 aromatic carbocycles. The van der Waals surface area contributed by atoms with E-state index < -0.39 is 0 Å². The molecule has 1 heterocycles. The Morgan fingerprint density at radius 1 is 1.20 bits per heavy atom. The van der Waals surface area contributed by atoms with Gasteiger partial charge in [-0.25, -0.2) is 0 Å². The van der Waals surface area contributed by atoms with Crippen LogP contribution in [0.5, 0.6) is 0 Å². The molecule has 0 amide bonds. The van der Waals surface area contributed by atoms with E-state index in [1.165, 1.54) is 12.8 Å². The van der Waals surface area contributed by atoms with Crippen molar-refractivity contribution in [1.29, 1.82) is 0 Å². The normalized spacial score (nSPS) is 22.9. The fraction of sp³-hybridized carbons (Fsp3) is 0.438. The average Bonchev–Trinajstić information content (AvgIpc) is 2.51. The van der Waals surface area contributed by atoms with Gasteiger partial charge >= 0.3 is 0 Å². The highest BCUT2D eigenvalue weighted by atomic mass is 16.3. The van der Waals surface area contributed by atoms with Gasteiger partial charge in [0.2, 0.25) is 0 Å². The average molecular weight is 271 g/mol. The van der Waals surface area contributed by atoms with E-state index in [2.05, 4.69) is 10.3 Å². The van der Waals surface area contributed by atoms with Crippen LogP contribution in [0, 0.1) is 5.92 Å². The van der Waals surface area contributed by atoms with Crippen LogP contribution in [0.3, 0.4) is 0 Å². The van der Waals surface area contributed by atoms with Crippen LogP contribution >= 0.6 is 0 Å². The third kappa shape index (κ3) is 2.43. The highest BCUT2D eigenvalue weighted by Gasteiger charge is 2.24. The topological polar surface area (TPSA) is 71.2 Å². The van der Waals surface area contributed by atoms with Crippen LogP contribution in [-0.2, 0) is 0 Å². The molecule has 4 nitrogen and oxygen atoms in total. The minimum absolute atomic E-state index is 0.253. The number of hydrogen-bond donors (Lipinski definition) is 3. The predicted octanol–water partition coefficient (Wildman–Crippen LogP) is 2.78. The molecule has 0 bridgehead atoms. The zero-order valence-electron chi connectivity index (χ0n) is 11.5. The molecule has 0 radical (unpaired) electrons. The Bertz CT molecular complexity index is 599. The number of nitrogens with one attached hydrogen (secondary N) is 1. The molecular weight excluding hydrogens is 250 g/mol. The van der Waals surface area contributed by atoms with Crippen molar-refractivity contribution in [1.82, 2.24) is 4.98 Å². The van der Waals surface area contributed by atoms with Crippen LogP contribution in [0.4, 0.5) is 11.4 Å². The van der Waals surface area contributed by atoms with Crippen LogP contribution in [0.1, 0.15) is 25.7 Å². The van der Waals surface area contributed by atoms with E-state index in [9.17, 15) is 5.11 Å². The summed E-state index contributed by atoms with van der Waals surface area (Å²) in [5.74, 6) is 0.341. The fourth-order valence-electron chi connectivity index (χ4n) is 3.16. The second-order valence-electron chi connectivity index (χ2n) is 5.60.